The van der Waals surface area contributed by atoms with Crippen molar-refractivity contribution in [2.75, 3.05) is 7.11 Å². The van der Waals surface area contributed by atoms with E-state index in [1.165, 1.54) is 19.3 Å². The van der Waals surface area contributed by atoms with E-state index in [0.29, 0.717) is 6.04 Å². The Labute approximate surface area is 75.5 Å². The fourth-order valence-electron chi connectivity index (χ4n) is 1.59. The molecular weight excluding hydrogens is 150 g/mol. The predicted molar refractivity (Wildman–Crippen MR) is 51.0 cm³/mol. The molecule has 0 aromatic heterocycles. The topological polar surface area (TPSA) is 35.2 Å². The van der Waals surface area contributed by atoms with Crippen molar-refractivity contribution >= 4 is 0 Å². The molecule has 1 rings (SSSR count). The first-order chi connectivity index (χ1) is 5.55. The van der Waals surface area contributed by atoms with Crippen LogP contribution in [0, 0.1) is 5.92 Å². The highest BCUT2D eigenvalue weighted by atomic mass is 16.5. The Hall–Kier alpha value is -0.0800. The highest BCUT2D eigenvalue weighted by molar-refractivity contribution is 4.85. The zero-order valence-corrected chi connectivity index (χ0v) is 8.47. The van der Waals surface area contributed by atoms with Crippen LogP contribution in [-0.4, -0.2) is 18.8 Å². The minimum atomic E-state index is 0.0370. The van der Waals surface area contributed by atoms with Crippen molar-refractivity contribution in [3.8, 4) is 0 Å². The van der Waals surface area contributed by atoms with Gasteiger partial charge in [0.1, 0.15) is 0 Å². The van der Waals surface area contributed by atoms with Gasteiger partial charge in [-0.2, -0.15) is 0 Å². The quantitative estimate of drug-likeness (QED) is 0.701. The number of ether oxygens (including phenoxy) is 1. The summed E-state index contributed by atoms with van der Waals surface area (Å²) >= 11 is 0. The summed E-state index contributed by atoms with van der Waals surface area (Å²) in [5.41, 5.74) is 5.89. The third-order valence-electron chi connectivity index (χ3n) is 3.15. The van der Waals surface area contributed by atoms with Gasteiger partial charge in [0.05, 0.1) is 5.60 Å². The van der Waals surface area contributed by atoms with E-state index in [9.17, 15) is 0 Å². The highest BCUT2D eigenvalue weighted by Gasteiger charge is 2.29. The van der Waals surface area contributed by atoms with Crippen LogP contribution >= 0.6 is 0 Å². The molecule has 12 heavy (non-hydrogen) atoms. The van der Waals surface area contributed by atoms with Gasteiger partial charge >= 0.3 is 0 Å². The lowest BCUT2D eigenvalue weighted by Gasteiger charge is -2.35. The molecule has 0 bridgehead atoms. The Morgan fingerprint density at radius 3 is 2.42 bits per heavy atom. The number of hydrogen-bond acceptors (Lipinski definition) is 2. The second-order valence-corrected chi connectivity index (χ2v) is 4.50. The Morgan fingerprint density at radius 1 is 1.42 bits per heavy atom. The summed E-state index contributed by atoms with van der Waals surface area (Å²) in [7, 11) is 1.78. The summed E-state index contributed by atoms with van der Waals surface area (Å²) < 4.78 is 5.35. The maximum Gasteiger partial charge on any atom is 0.0622 e. The van der Waals surface area contributed by atoms with Gasteiger partial charge < -0.3 is 10.5 Å². The molecule has 2 atom stereocenters. The molecule has 0 spiro atoms. The molecule has 72 valence electrons. The van der Waals surface area contributed by atoms with Crippen molar-refractivity contribution in [2.24, 2.45) is 11.7 Å². The first kappa shape index (κ1) is 10.0. The van der Waals surface area contributed by atoms with Crippen molar-refractivity contribution in [3.63, 3.8) is 0 Å². The van der Waals surface area contributed by atoms with Crippen molar-refractivity contribution < 1.29 is 4.74 Å². The van der Waals surface area contributed by atoms with Gasteiger partial charge in [-0.25, -0.2) is 0 Å². The van der Waals surface area contributed by atoms with E-state index in [4.69, 9.17) is 10.5 Å². The molecule has 2 N–H and O–H groups in total. The van der Waals surface area contributed by atoms with Crippen LogP contribution in [0.3, 0.4) is 0 Å². The molecule has 1 aliphatic carbocycles. The van der Waals surface area contributed by atoms with E-state index in [1.807, 2.05) is 0 Å². The summed E-state index contributed by atoms with van der Waals surface area (Å²) in [5.74, 6) is 0.763. The standard InChI is InChI=1S/C10H21NO/c1-10(2,12-3)7-6-8-4-5-9(8)11/h8-9H,4-7,11H2,1-3H3. The van der Waals surface area contributed by atoms with Crippen LogP contribution in [0.4, 0.5) is 0 Å². The zero-order chi connectivity index (χ0) is 9.19. The molecule has 0 aromatic carbocycles. The second-order valence-electron chi connectivity index (χ2n) is 4.50. The van der Waals surface area contributed by atoms with Gasteiger partial charge in [-0.15, -0.1) is 0 Å². The number of hydrogen-bond donors (Lipinski definition) is 1. The molecule has 0 saturated heterocycles. The Balaban J connectivity index is 2.16. The molecule has 2 nitrogen and oxygen atoms in total. The lowest BCUT2D eigenvalue weighted by molar-refractivity contribution is 0.00600. The summed E-state index contributed by atoms with van der Waals surface area (Å²) in [4.78, 5) is 0. The minimum Gasteiger partial charge on any atom is -0.379 e. The van der Waals surface area contributed by atoms with Gasteiger partial charge in [-0.3, -0.25) is 0 Å². The van der Waals surface area contributed by atoms with Crippen LogP contribution in [-0.2, 0) is 4.74 Å². The highest BCUT2D eigenvalue weighted by Crippen LogP contribution is 2.32. The SMILES string of the molecule is COC(C)(C)CCC1CCC1N. The van der Waals surface area contributed by atoms with Gasteiger partial charge in [-0.05, 0) is 45.4 Å². The Morgan fingerprint density at radius 2 is 2.08 bits per heavy atom. The number of rotatable bonds is 4. The van der Waals surface area contributed by atoms with E-state index in [0.717, 1.165) is 12.3 Å². The average molecular weight is 171 g/mol. The van der Waals surface area contributed by atoms with Crippen LogP contribution < -0.4 is 5.73 Å². The summed E-state index contributed by atoms with van der Waals surface area (Å²) in [6.45, 7) is 4.27. The summed E-state index contributed by atoms with van der Waals surface area (Å²) in [6.07, 6.45) is 4.89. The van der Waals surface area contributed by atoms with Gasteiger partial charge in [0, 0.05) is 13.2 Å². The molecule has 0 amide bonds. The fourth-order valence-corrected chi connectivity index (χ4v) is 1.59. The molecule has 1 fully saturated rings. The first-order valence-electron chi connectivity index (χ1n) is 4.86. The lowest BCUT2D eigenvalue weighted by Crippen LogP contribution is -2.40. The van der Waals surface area contributed by atoms with Gasteiger partial charge in [0.2, 0.25) is 0 Å². The van der Waals surface area contributed by atoms with Crippen LogP contribution in [0.5, 0.6) is 0 Å². The molecule has 0 aliphatic heterocycles. The third-order valence-corrected chi connectivity index (χ3v) is 3.15. The minimum absolute atomic E-state index is 0.0370. The van der Waals surface area contributed by atoms with Crippen molar-refractivity contribution in [1.82, 2.24) is 0 Å². The van der Waals surface area contributed by atoms with Crippen molar-refractivity contribution in [3.05, 3.63) is 0 Å². The number of nitrogens with two attached hydrogens (primary N) is 1. The average Bonchev–Trinajstić information content (AvgIpc) is 2.02. The summed E-state index contributed by atoms with van der Waals surface area (Å²) in [6, 6.07) is 0.470. The van der Waals surface area contributed by atoms with Crippen LogP contribution in [0.15, 0.2) is 0 Å². The van der Waals surface area contributed by atoms with Crippen LogP contribution in [0.1, 0.15) is 39.5 Å². The molecule has 0 radical (unpaired) electrons. The zero-order valence-electron chi connectivity index (χ0n) is 8.47. The molecule has 1 aliphatic rings. The molecular formula is C10H21NO. The lowest BCUT2D eigenvalue weighted by atomic mass is 9.76. The predicted octanol–water partition coefficient (Wildman–Crippen LogP) is 1.93. The largest absolute Gasteiger partial charge is 0.379 e. The Kier molecular flexibility index (Phi) is 3.13. The van der Waals surface area contributed by atoms with Gasteiger partial charge in [0.15, 0.2) is 0 Å². The third kappa shape index (κ3) is 2.46. The molecule has 1 saturated carbocycles. The summed E-state index contributed by atoms with van der Waals surface area (Å²) in [5, 5.41) is 0. The van der Waals surface area contributed by atoms with E-state index in [2.05, 4.69) is 13.8 Å². The smallest absolute Gasteiger partial charge is 0.0622 e. The van der Waals surface area contributed by atoms with E-state index in [-0.39, 0.29) is 5.60 Å². The van der Waals surface area contributed by atoms with Crippen LogP contribution in [0.25, 0.3) is 0 Å². The maximum absolute atomic E-state index is 5.85. The van der Waals surface area contributed by atoms with Gasteiger partial charge in [0.25, 0.3) is 0 Å². The monoisotopic (exact) mass is 171 g/mol. The van der Waals surface area contributed by atoms with Crippen LogP contribution in [0.2, 0.25) is 0 Å². The van der Waals surface area contributed by atoms with E-state index in [1.54, 1.807) is 7.11 Å². The van der Waals surface area contributed by atoms with Crippen molar-refractivity contribution in [2.45, 2.75) is 51.2 Å². The molecule has 0 heterocycles. The molecule has 0 aromatic rings. The first-order valence-corrected chi connectivity index (χ1v) is 4.86. The molecule has 2 unspecified atom stereocenters. The van der Waals surface area contributed by atoms with E-state index < -0.39 is 0 Å². The van der Waals surface area contributed by atoms with Gasteiger partial charge in [-0.1, -0.05) is 0 Å². The number of methoxy groups -OCH3 is 1. The maximum atomic E-state index is 5.85. The normalized spacial score (nSPS) is 30.0. The second kappa shape index (κ2) is 3.75. The van der Waals surface area contributed by atoms with E-state index >= 15 is 0 Å². The Bertz CT molecular complexity index is 145. The fraction of sp³-hybridized carbons (Fsp3) is 1.00. The molecule has 2 heteroatoms. The van der Waals surface area contributed by atoms with Crippen molar-refractivity contribution in [1.29, 1.82) is 0 Å².